The van der Waals surface area contributed by atoms with E-state index in [0.717, 1.165) is 22.4 Å². The SMILES string of the molecule is COCc1cccc(CNC(=O)CCCOc2ccc(Cl)cc2C)c1. The second kappa shape index (κ2) is 10.1. The Balaban J connectivity index is 1.68. The summed E-state index contributed by atoms with van der Waals surface area (Å²) in [6.45, 7) is 3.54. The van der Waals surface area contributed by atoms with Crippen molar-refractivity contribution in [2.24, 2.45) is 0 Å². The van der Waals surface area contributed by atoms with E-state index in [2.05, 4.69) is 5.32 Å². The van der Waals surface area contributed by atoms with Gasteiger partial charge >= 0.3 is 0 Å². The summed E-state index contributed by atoms with van der Waals surface area (Å²) in [5.41, 5.74) is 3.16. The van der Waals surface area contributed by atoms with Crippen LogP contribution in [0, 0.1) is 6.92 Å². The molecule has 2 rings (SSSR count). The van der Waals surface area contributed by atoms with Crippen LogP contribution in [0.5, 0.6) is 5.75 Å². The van der Waals surface area contributed by atoms with Crippen molar-refractivity contribution in [3.05, 3.63) is 64.2 Å². The third kappa shape index (κ3) is 6.77. The van der Waals surface area contributed by atoms with Crippen LogP contribution in [0.1, 0.15) is 29.5 Å². The van der Waals surface area contributed by atoms with Gasteiger partial charge in [-0.15, -0.1) is 0 Å². The number of carbonyl (C=O) groups excluding carboxylic acids is 1. The number of amides is 1. The van der Waals surface area contributed by atoms with Crippen molar-refractivity contribution >= 4 is 17.5 Å². The quantitative estimate of drug-likeness (QED) is 0.678. The minimum Gasteiger partial charge on any atom is -0.493 e. The molecule has 0 fully saturated rings. The van der Waals surface area contributed by atoms with Gasteiger partial charge in [-0.05, 0) is 48.2 Å². The van der Waals surface area contributed by atoms with Gasteiger partial charge in [0.25, 0.3) is 0 Å². The zero-order valence-corrected chi connectivity index (χ0v) is 15.4. The van der Waals surface area contributed by atoms with Gasteiger partial charge in [0.15, 0.2) is 0 Å². The maximum atomic E-state index is 11.9. The molecule has 0 aromatic heterocycles. The van der Waals surface area contributed by atoms with Crippen LogP contribution < -0.4 is 10.1 Å². The summed E-state index contributed by atoms with van der Waals surface area (Å²) in [4.78, 5) is 11.9. The second-order valence-electron chi connectivity index (χ2n) is 5.89. The number of nitrogens with one attached hydrogen (secondary N) is 1. The van der Waals surface area contributed by atoms with E-state index in [4.69, 9.17) is 21.1 Å². The monoisotopic (exact) mass is 361 g/mol. The second-order valence-corrected chi connectivity index (χ2v) is 6.33. The fourth-order valence-electron chi connectivity index (χ4n) is 2.47. The van der Waals surface area contributed by atoms with Crippen LogP contribution in [-0.2, 0) is 22.7 Å². The molecule has 25 heavy (non-hydrogen) atoms. The van der Waals surface area contributed by atoms with Crippen molar-refractivity contribution in [3.8, 4) is 5.75 Å². The van der Waals surface area contributed by atoms with Crippen molar-refractivity contribution in [3.63, 3.8) is 0 Å². The topological polar surface area (TPSA) is 47.6 Å². The van der Waals surface area contributed by atoms with Gasteiger partial charge in [-0.3, -0.25) is 4.79 Å². The first kappa shape index (κ1) is 19.3. The fourth-order valence-corrected chi connectivity index (χ4v) is 2.70. The summed E-state index contributed by atoms with van der Waals surface area (Å²) < 4.78 is 10.8. The first-order valence-electron chi connectivity index (χ1n) is 8.31. The van der Waals surface area contributed by atoms with Crippen LogP contribution in [0.2, 0.25) is 5.02 Å². The lowest BCUT2D eigenvalue weighted by Crippen LogP contribution is -2.23. The van der Waals surface area contributed by atoms with E-state index in [1.165, 1.54) is 0 Å². The van der Waals surface area contributed by atoms with Crippen LogP contribution in [0.25, 0.3) is 0 Å². The van der Waals surface area contributed by atoms with Gasteiger partial charge in [0.2, 0.25) is 5.91 Å². The third-order valence-electron chi connectivity index (χ3n) is 3.73. The van der Waals surface area contributed by atoms with Crippen LogP contribution in [-0.4, -0.2) is 19.6 Å². The molecular weight excluding hydrogens is 338 g/mol. The molecule has 134 valence electrons. The van der Waals surface area contributed by atoms with Gasteiger partial charge in [0.1, 0.15) is 5.75 Å². The Morgan fingerprint density at radius 1 is 1.16 bits per heavy atom. The van der Waals surface area contributed by atoms with E-state index in [9.17, 15) is 4.79 Å². The number of carbonyl (C=O) groups is 1. The number of hydrogen-bond acceptors (Lipinski definition) is 3. The Kier molecular flexibility index (Phi) is 7.76. The molecular formula is C20H24ClNO3. The summed E-state index contributed by atoms with van der Waals surface area (Å²) in [6, 6.07) is 13.5. The molecule has 5 heteroatoms. The van der Waals surface area contributed by atoms with Crippen LogP contribution >= 0.6 is 11.6 Å². The predicted molar refractivity (Wildman–Crippen MR) is 99.9 cm³/mol. The normalized spacial score (nSPS) is 10.5. The molecule has 0 aliphatic carbocycles. The number of methoxy groups -OCH3 is 1. The van der Waals surface area contributed by atoms with Gasteiger partial charge in [-0.25, -0.2) is 0 Å². The molecule has 0 saturated heterocycles. The Morgan fingerprint density at radius 3 is 2.72 bits per heavy atom. The van der Waals surface area contributed by atoms with E-state index in [1.54, 1.807) is 13.2 Å². The Morgan fingerprint density at radius 2 is 1.96 bits per heavy atom. The maximum Gasteiger partial charge on any atom is 0.220 e. The largest absolute Gasteiger partial charge is 0.493 e. The molecule has 0 aliphatic rings. The molecule has 0 unspecified atom stereocenters. The van der Waals surface area contributed by atoms with E-state index in [0.29, 0.717) is 37.6 Å². The highest BCUT2D eigenvalue weighted by molar-refractivity contribution is 6.30. The highest BCUT2D eigenvalue weighted by Crippen LogP contribution is 2.21. The molecule has 2 aromatic rings. The molecule has 0 atom stereocenters. The van der Waals surface area contributed by atoms with Gasteiger partial charge in [-0.2, -0.15) is 0 Å². The average molecular weight is 362 g/mol. The number of benzene rings is 2. The highest BCUT2D eigenvalue weighted by atomic mass is 35.5. The summed E-state index contributed by atoms with van der Waals surface area (Å²) >= 11 is 5.92. The number of hydrogen-bond donors (Lipinski definition) is 1. The van der Waals surface area contributed by atoms with Crippen LogP contribution in [0.3, 0.4) is 0 Å². The molecule has 4 nitrogen and oxygen atoms in total. The van der Waals surface area contributed by atoms with Crippen molar-refractivity contribution < 1.29 is 14.3 Å². The Hall–Kier alpha value is -2.04. The molecule has 1 N–H and O–H groups in total. The number of aryl methyl sites for hydroxylation is 1. The zero-order chi connectivity index (χ0) is 18.1. The molecule has 0 radical (unpaired) electrons. The predicted octanol–water partition coefficient (Wildman–Crippen LogP) is 4.27. The number of ether oxygens (including phenoxy) is 2. The molecule has 0 aliphatic heterocycles. The minimum absolute atomic E-state index is 0.0218. The first-order valence-corrected chi connectivity index (χ1v) is 8.68. The lowest BCUT2D eigenvalue weighted by atomic mass is 10.1. The minimum atomic E-state index is 0.0218. The molecule has 0 bridgehead atoms. The standard InChI is InChI=1S/C20H24ClNO3/c1-15-11-18(21)8-9-19(15)25-10-4-7-20(23)22-13-16-5-3-6-17(12-16)14-24-2/h3,5-6,8-9,11-12H,4,7,10,13-14H2,1-2H3,(H,22,23). The fraction of sp³-hybridized carbons (Fsp3) is 0.350. The van der Waals surface area contributed by atoms with Crippen molar-refractivity contribution in [2.75, 3.05) is 13.7 Å². The Bertz CT molecular complexity index is 703. The van der Waals surface area contributed by atoms with E-state index in [-0.39, 0.29) is 5.91 Å². The summed E-state index contributed by atoms with van der Waals surface area (Å²) in [6.07, 6.45) is 1.10. The zero-order valence-electron chi connectivity index (χ0n) is 14.7. The number of rotatable bonds is 9. The van der Waals surface area contributed by atoms with Gasteiger partial charge in [-0.1, -0.05) is 35.9 Å². The maximum absolute atomic E-state index is 11.9. The van der Waals surface area contributed by atoms with Gasteiger partial charge < -0.3 is 14.8 Å². The number of halogens is 1. The molecule has 2 aromatic carbocycles. The van der Waals surface area contributed by atoms with E-state index < -0.39 is 0 Å². The Labute approximate surface area is 154 Å². The van der Waals surface area contributed by atoms with Crippen molar-refractivity contribution in [1.82, 2.24) is 5.32 Å². The molecule has 0 saturated carbocycles. The van der Waals surface area contributed by atoms with E-state index >= 15 is 0 Å². The van der Waals surface area contributed by atoms with Crippen molar-refractivity contribution in [1.29, 1.82) is 0 Å². The third-order valence-corrected chi connectivity index (χ3v) is 3.97. The first-order chi connectivity index (χ1) is 12.1. The van der Waals surface area contributed by atoms with Gasteiger partial charge in [0.05, 0.1) is 13.2 Å². The van der Waals surface area contributed by atoms with Crippen LogP contribution in [0.4, 0.5) is 0 Å². The van der Waals surface area contributed by atoms with Gasteiger partial charge in [0, 0.05) is 25.1 Å². The summed E-state index contributed by atoms with van der Waals surface area (Å²) in [5, 5.41) is 3.63. The summed E-state index contributed by atoms with van der Waals surface area (Å²) in [7, 11) is 1.67. The average Bonchev–Trinajstić information content (AvgIpc) is 2.59. The lowest BCUT2D eigenvalue weighted by molar-refractivity contribution is -0.121. The lowest BCUT2D eigenvalue weighted by Gasteiger charge is -2.10. The molecule has 0 heterocycles. The van der Waals surface area contributed by atoms with Crippen molar-refractivity contribution in [2.45, 2.75) is 32.9 Å². The van der Waals surface area contributed by atoms with Crippen LogP contribution in [0.15, 0.2) is 42.5 Å². The smallest absolute Gasteiger partial charge is 0.220 e. The summed E-state index contributed by atoms with van der Waals surface area (Å²) in [5.74, 6) is 0.827. The highest BCUT2D eigenvalue weighted by Gasteiger charge is 2.04. The van der Waals surface area contributed by atoms with E-state index in [1.807, 2.05) is 43.3 Å². The molecule has 0 spiro atoms. The molecule has 1 amide bonds.